The lowest BCUT2D eigenvalue weighted by Crippen LogP contribution is -2.28. The Kier molecular flexibility index (Phi) is 3.53. The summed E-state index contributed by atoms with van der Waals surface area (Å²) in [5.41, 5.74) is 0. The molecule has 1 amide bonds. The third-order valence-corrected chi connectivity index (χ3v) is 3.31. The Morgan fingerprint density at radius 1 is 1.67 bits per heavy atom. The van der Waals surface area contributed by atoms with E-state index in [1.165, 1.54) is 0 Å². The second kappa shape index (κ2) is 4.23. The van der Waals surface area contributed by atoms with Crippen molar-refractivity contribution in [1.82, 2.24) is 10.2 Å². The van der Waals surface area contributed by atoms with E-state index in [2.05, 4.69) is 21.2 Å². The van der Waals surface area contributed by atoms with E-state index in [1.54, 1.807) is 6.92 Å². The maximum atomic E-state index is 11.0. The van der Waals surface area contributed by atoms with Gasteiger partial charge in [-0.1, -0.05) is 15.9 Å². The molecule has 3 nitrogen and oxygen atoms in total. The van der Waals surface area contributed by atoms with Crippen molar-refractivity contribution in [3.05, 3.63) is 0 Å². The summed E-state index contributed by atoms with van der Waals surface area (Å²) in [6, 6.07) is 0. The number of nitrogens with one attached hydrogen (secondary N) is 1. The third-order valence-electron chi connectivity index (χ3n) is 2.27. The van der Waals surface area contributed by atoms with Crippen LogP contribution in [0.25, 0.3) is 0 Å². The quantitative estimate of drug-likeness (QED) is 0.705. The maximum Gasteiger partial charge on any atom is 0.219 e. The Balaban J connectivity index is 2.44. The number of hydrogen-bond acceptors (Lipinski definition) is 2. The molecule has 1 fully saturated rings. The fourth-order valence-corrected chi connectivity index (χ4v) is 2.25. The van der Waals surface area contributed by atoms with Gasteiger partial charge in [0.2, 0.25) is 5.91 Å². The van der Waals surface area contributed by atoms with Gasteiger partial charge in [-0.3, -0.25) is 4.79 Å². The Hall–Kier alpha value is -0.0900. The van der Waals surface area contributed by atoms with Gasteiger partial charge in [0, 0.05) is 37.3 Å². The normalized spacial score (nSPS) is 29.4. The molecule has 1 aliphatic rings. The molecule has 0 aliphatic carbocycles. The van der Waals surface area contributed by atoms with Gasteiger partial charge in [-0.2, -0.15) is 0 Å². The standard InChI is InChI=1S/C8H15BrN2O/c1-6(12)11-4-7(3-10-2)8(9)5-11/h7-8,10H,3-5H2,1-2H3. The highest BCUT2D eigenvalue weighted by Gasteiger charge is 2.31. The number of nitrogens with zero attached hydrogens (tertiary/aromatic N) is 1. The molecule has 0 spiro atoms. The summed E-state index contributed by atoms with van der Waals surface area (Å²) in [5.74, 6) is 0.733. The number of likely N-dealkylation sites (tertiary alicyclic amines) is 1. The van der Waals surface area contributed by atoms with E-state index < -0.39 is 0 Å². The van der Waals surface area contributed by atoms with E-state index in [0.29, 0.717) is 10.7 Å². The van der Waals surface area contributed by atoms with E-state index in [-0.39, 0.29) is 5.91 Å². The molecule has 0 bridgehead atoms. The van der Waals surface area contributed by atoms with Crippen LogP contribution in [0.1, 0.15) is 6.92 Å². The summed E-state index contributed by atoms with van der Waals surface area (Å²) in [5, 5.41) is 3.13. The second-order valence-corrected chi connectivity index (χ2v) is 4.43. The largest absolute Gasteiger partial charge is 0.341 e. The summed E-state index contributed by atoms with van der Waals surface area (Å²) in [4.78, 5) is 13.4. The van der Waals surface area contributed by atoms with Gasteiger partial charge in [0.1, 0.15) is 0 Å². The zero-order chi connectivity index (χ0) is 9.14. The van der Waals surface area contributed by atoms with Gasteiger partial charge in [0.15, 0.2) is 0 Å². The number of carbonyl (C=O) groups excluding carboxylic acids is 1. The average Bonchev–Trinajstić information content (AvgIpc) is 2.34. The average molecular weight is 235 g/mol. The van der Waals surface area contributed by atoms with Crippen molar-refractivity contribution in [2.24, 2.45) is 5.92 Å². The minimum absolute atomic E-state index is 0.179. The zero-order valence-electron chi connectivity index (χ0n) is 7.51. The van der Waals surface area contributed by atoms with Crippen LogP contribution in [0.15, 0.2) is 0 Å². The van der Waals surface area contributed by atoms with Gasteiger partial charge in [0.05, 0.1) is 0 Å². The van der Waals surface area contributed by atoms with Crippen molar-refractivity contribution in [2.45, 2.75) is 11.8 Å². The lowest BCUT2D eigenvalue weighted by atomic mass is 10.1. The molecule has 12 heavy (non-hydrogen) atoms. The number of rotatable bonds is 2. The van der Waals surface area contributed by atoms with Crippen LogP contribution in [-0.2, 0) is 4.79 Å². The van der Waals surface area contributed by atoms with Gasteiger partial charge in [-0.15, -0.1) is 0 Å². The lowest BCUT2D eigenvalue weighted by molar-refractivity contribution is -0.127. The number of carbonyl (C=O) groups is 1. The molecule has 1 rings (SSSR count). The number of amides is 1. The first-order valence-electron chi connectivity index (χ1n) is 4.19. The molecule has 0 aromatic heterocycles. The fraction of sp³-hybridized carbons (Fsp3) is 0.875. The van der Waals surface area contributed by atoms with E-state index in [0.717, 1.165) is 19.6 Å². The molecule has 0 aromatic rings. The first kappa shape index (κ1) is 9.99. The summed E-state index contributed by atoms with van der Waals surface area (Å²) >= 11 is 3.58. The molecule has 1 aliphatic heterocycles. The van der Waals surface area contributed by atoms with Crippen molar-refractivity contribution in [2.75, 3.05) is 26.7 Å². The molecule has 1 N–H and O–H groups in total. The smallest absolute Gasteiger partial charge is 0.219 e. The Morgan fingerprint density at radius 2 is 2.33 bits per heavy atom. The van der Waals surface area contributed by atoms with Crippen LogP contribution >= 0.6 is 15.9 Å². The van der Waals surface area contributed by atoms with Crippen molar-refractivity contribution in [3.8, 4) is 0 Å². The number of halogens is 1. The molecule has 1 saturated heterocycles. The summed E-state index contributed by atoms with van der Waals surface area (Å²) in [7, 11) is 1.94. The van der Waals surface area contributed by atoms with Crippen LogP contribution in [0, 0.1) is 5.92 Å². The van der Waals surface area contributed by atoms with Crippen molar-refractivity contribution >= 4 is 21.8 Å². The minimum Gasteiger partial charge on any atom is -0.341 e. The minimum atomic E-state index is 0.179. The Bertz CT molecular complexity index is 174. The summed E-state index contributed by atoms with van der Waals surface area (Å²) in [6.07, 6.45) is 0. The van der Waals surface area contributed by atoms with Gasteiger partial charge >= 0.3 is 0 Å². The molecule has 2 atom stereocenters. The van der Waals surface area contributed by atoms with Crippen LogP contribution < -0.4 is 5.32 Å². The monoisotopic (exact) mass is 234 g/mol. The van der Waals surface area contributed by atoms with E-state index in [9.17, 15) is 4.79 Å². The van der Waals surface area contributed by atoms with Gasteiger partial charge < -0.3 is 10.2 Å². The molecule has 1 heterocycles. The van der Waals surface area contributed by atoms with Crippen molar-refractivity contribution in [1.29, 1.82) is 0 Å². The first-order valence-corrected chi connectivity index (χ1v) is 5.11. The Morgan fingerprint density at radius 3 is 2.75 bits per heavy atom. The second-order valence-electron chi connectivity index (χ2n) is 3.26. The van der Waals surface area contributed by atoms with Crippen molar-refractivity contribution in [3.63, 3.8) is 0 Å². The molecular formula is C8H15BrN2O. The number of alkyl halides is 1. The predicted octanol–water partition coefficient (Wildman–Crippen LogP) is 0.448. The SMILES string of the molecule is CNCC1CN(C(C)=O)CC1Br. The number of hydrogen-bond donors (Lipinski definition) is 1. The predicted molar refractivity (Wildman–Crippen MR) is 52.4 cm³/mol. The van der Waals surface area contributed by atoms with Crippen LogP contribution in [0.3, 0.4) is 0 Å². The van der Waals surface area contributed by atoms with Crippen molar-refractivity contribution < 1.29 is 4.79 Å². The lowest BCUT2D eigenvalue weighted by Gasteiger charge is -2.13. The molecular weight excluding hydrogens is 220 g/mol. The molecule has 4 heteroatoms. The highest BCUT2D eigenvalue weighted by molar-refractivity contribution is 9.09. The molecule has 0 saturated carbocycles. The third kappa shape index (κ3) is 2.20. The maximum absolute atomic E-state index is 11.0. The van der Waals surface area contributed by atoms with E-state index >= 15 is 0 Å². The van der Waals surface area contributed by atoms with E-state index in [1.807, 2.05) is 11.9 Å². The highest BCUT2D eigenvalue weighted by Crippen LogP contribution is 2.22. The van der Waals surface area contributed by atoms with Crippen LogP contribution in [0.5, 0.6) is 0 Å². The summed E-state index contributed by atoms with van der Waals surface area (Å²) < 4.78 is 0. The zero-order valence-corrected chi connectivity index (χ0v) is 9.10. The van der Waals surface area contributed by atoms with Crippen LogP contribution in [-0.4, -0.2) is 42.3 Å². The molecule has 0 aromatic carbocycles. The van der Waals surface area contributed by atoms with Gasteiger partial charge in [-0.25, -0.2) is 0 Å². The molecule has 70 valence electrons. The van der Waals surface area contributed by atoms with E-state index in [4.69, 9.17) is 0 Å². The van der Waals surface area contributed by atoms with Crippen LogP contribution in [0.2, 0.25) is 0 Å². The topological polar surface area (TPSA) is 32.3 Å². The first-order chi connectivity index (χ1) is 5.65. The van der Waals surface area contributed by atoms with Gasteiger partial charge in [0.25, 0.3) is 0 Å². The fourth-order valence-electron chi connectivity index (χ4n) is 1.54. The molecule has 2 unspecified atom stereocenters. The van der Waals surface area contributed by atoms with Crippen LogP contribution in [0.4, 0.5) is 0 Å². The Labute approximate surface area is 81.6 Å². The molecule has 0 radical (unpaired) electrons. The van der Waals surface area contributed by atoms with Gasteiger partial charge in [-0.05, 0) is 7.05 Å². The summed E-state index contributed by atoms with van der Waals surface area (Å²) in [6.45, 7) is 4.33. The highest BCUT2D eigenvalue weighted by atomic mass is 79.9.